The molecule has 0 aliphatic carbocycles. The summed E-state index contributed by atoms with van der Waals surface area (Å²) in [4.78, 5) is 2.36. The van der Waals surface area contributed by atoms with Gasteiger partial charge in [0.25, 0.3) is 0 Å². The second kappa shape index (κ2) is 16.2. The van der Waals surface area contributed by atoms with Crippen molar-refractivity contribution in [2.75, 3.05) is 4.90 Å². The van der Waals surface area contributed by atoms with Gasteiger partial charge >= 0.3 is 0 Å². The Bertz CT molecular complexity index is 4350. The van der Waals surface area contributed by atoms with Crippen LogP contribution in [0, 0.1) is 0 Å². The molecule has 0 radical (unpaired) electrons. The predicted octanol–water partition coefficient (Wildman–Crippen LogP) is 19.5. The summed E-state index contributed by atoms with van der Waals surface area (Å²) in [6.45, 7) is 0. The van der Waals surface area contributed by atoms with Crippen LogP contribution in [-0.4, -0.2) is 0 Å². The van der Waals surface area contributed by atoms with Crippen molar-refractivity contribution in [1.29, 1.82) is 0 Å². The van der Waals surface area contributed by atoms with Crippen molar-refractivity contribution in [2.24, 2.45) is 0 Å². The first-order chi connectivity index (χ1) is 34.7. The van der Waals surface area contributed by atoms with Crippen LogP contribution < -0.4 is 4.90 Å². The van der Waals surface area contributed by atoms with Crippen molar-refractivity contribution in [1.82, 2.24) is 0 Å². The largest absolute Gasteiger partial charge is 0.454 e. The minimum absolute atomic E-state index is 0.862. The highest BCUT2D eigenvalue weighted by atomic mass is 16.3. The molecule has 2 heteroatoms. The van der Waals surface area contributed by atoms with E-state index in [1.54, 1.807) is 0 Å². The molecule has 0 saturated heterocycles. The van der Waals surface area contributed by atoms with Crippen molar-refractivity contribution < 1.29 is 4.42 Å². The molecular weight excluding hydrogens is 847 g/mol. The molecule has 0 fully saturated rings. The van der Waals surface area contributed by atoms with Crippen molar-refractivity contribution in [3.8, 4) is 44.5 Å². The smallest absolute Gasteiger partial charge is 0.160 e. The quantitative estimate of drug-likeness (QED) is 0.159. The molecule has 14 aromatic rings. The van der Waals surface area contributed by atoms with E-state index in [1.165, 1.54) is 81.9 Å². The Labute approximate surface area is 405 Å². The molecule has 0 spiro atoms. The molecule has 14 rings (SSSR count). The number of rotatable bonds is 7. The number of benzene rings is 13. The van der Waals surface area contributed by atoms with E-state index < -0.39 is 0 Å². The fourth-order valence-electron chi connectivity index (χ4n) is 10.9. The minimum Gasteiger partial charge on any atom is -0.454 e. The second-order valence-electron chi connectivity index (χ2n) is 18.5. The van der Waals surface area contributed by atoms with Gasteiger partial charge in [-0.15, -0.1) is 0 Å². The van der Waals surface area contributed by atoms with Crippen LogP contribution in [0.2, 0.25) is 0 Å². The van der Waals surface area contributed by atoms with Gasteiger partial charge in [-0.1, -0.05) is 200 Å². The summed E-state index contributed by atoms with van der Waals surface area (Å²) >= 11 is 0. The molecular formula is C68H43NO. The molecule has 1 aromatic heterocycles. The standard InChI is InChI=1S/C68H43NO/c1-3-13-48-39-51(25-23-44(48)11-1)54-29-28-52-40-50(26-27-53(52)41-54)46-31-35-57(36-32-46)69(65-43-55-15-5-6-16-61(55)67-64-17-7-8-22-66(64)70-68(65)67)58-37-33-47(34-38-58)59-18-9-21-63-60(19-10-20-62(59)63)56-30-24-45-12-2-4-14-49(45)42-56/h1-43H. The number of anilines is 3. The molecule has 70 heavy (non-hydrogen) atoms. The van der Waals surface area contributed by atoms with Crippen LogP contribution in [0.15, 0.2) is 265 Å². The van der Waals surface area contributed by atoms with Crippen LogP contribution in [0.4, 0.5) is 17.1 Å². The lowest BCUT2D eigenvalue weighted by atomic mass is 9.92. The van der Waals surface area contributed by atoms with Gasteiger partial charge < -0.3 is 9.32 Å². The van der Waals surface area contributed by atoms with E-state index in [0.29, 0.717) is 0 Å². The van der Waals surface area contributed by atoms with Gasteiger partial charge in [0.2, 0.25) is 0 Å². The molecule has 0 bridgehead atoms. The van der Waals surface area contributed by atoms with Gasteiger partial charge in [0, 0.05) is 22.1 Å². The maximum absolute atomic E-state index is 6.88. The number of nitrogens with zero attached hydrogens (tertiary/aromatic N) is 1. The van der Waals surface area contributed by atoms with Gasteiger partial charge in [0.15, 0.2) is 5.58 Å². The molecule has 0 aliphatic rings. The van der Waals surface area contributed by atoms with Crippen LogP contribution in [0.5, 0.6) is 0 Å². The average molecular weight is 890 g/mol. The lowest BCUT2D eigenvalue weighted by Gasteiger charge is -2.26. The van der Waals surface area contributed by atoms with Crippen LogP contribution >= 0.6 is 0 Å². The van der Waals surface area contributed by atoms with Crippen LogP contribution in [0.3, 0.4) is 0 Å². The molecule has 1 heterocycles. The molecule has 0 aliphatic heterocycles. The van der Waals surface area contributed by atoms with Crippen molar-refractivity contribution in [3.63, 3.8) is 0 Å². The van der Waals surface area contributed by atoms with Gasteiger partial charge in [-0.2, -0.15) is 0 Å². The monoisotopic (exact) mass is 889 g/mol. The van der Waals surface area contributed by atoms with E-state index >= 15 is 0 Å². The summed E-state index contributed by atoms with van der Waals surface area (Å²) in [6, 6.07) is 95.0. The number of hydrogen-bond acceptors (Lipinski definition) is 2. The highest BCUT2D eigenvalue weighted by molar-refractivity contribution is 6.23. The van der Waals surface area contributed by atoms with E-state index in [4.69, 9.17) is 4.42 Å². The molecule has 0 amide bonds. The second-order valence-corrected chi connectivity index (χ2v) is 18.5. The zero-order valence-corrected chi connectivity index (χ0v) is 38.2. The fraction of sp³-hybridized carbons (Fsp3) is 0. The Hall–Kier alpha value is -9.24. The van der Waals surface area contributed by atoms with E-state index in [0.717, 1.165) is 55.5 Å². The summed E-state index contributed by atoms with van der Waals surface area (Å²) in [5.41, 5.74) is 14.4. The van der Waals surface area contributed by atoms with E-state index in [9.17, 15) is 0 Å². The zero-order valence-electron chi connectivity index (χ0n) is 38.2. The van der Waals surface area contributed by atoms with Crippen LogP contribution in [0.1, 0.15) is 0 Å². The maximum atomic E-state index is 6.88. The molecule has 0 saturated carbocycles. The van der Waals surface area contributed by atoms with Gasteiger partial charge in [0.1, 0.15) is 5.58 Å². The zero-order chi connectivity index (χ0) is 46.1. The van der Waals surface area contributed by atoms with Gasteiger partial charge in [-0.3, -0.25) is 0 Å². The Kier molecular flexibility index (Phi) is 9.25. The first-order valence-corrected chi connectivity index (χ1v) is 24.0. The highest BCUT2D eigenvalue weighted by Gasteiger charge is 2.22. The first-order valence-electron chi connectivity index (χ1n) is 24.0. The van der Waals surface area contributed by atoms with Gasteiger partial charge in [-0.25, -0.2) is 0 Å². The fourth-order valence-corrected chi connectivity index (χ4v) is 10.9. The van der Waals surface area contributed by atoms with Crippen LogP contribution in [-0.2, 0) is 0 Å². The Morgan fingerprint density at radius 2 is 0.671 bits per heavy atom. The first kappa shape index (κ1) is 39.9. The molecule has 0 unspecified atom stereocenters. The number of fused-ring (bicyclic) bond motifs is 9. The molecule has 2 nitrogen and oxygen atoms in total. The third-order valence-electron chi connectivity index (χ3n) is 14.4. The number of hydrogen-bond donors (Lipinski definition) is 0. The summed E-state index contributed by atoms with van der Waals surface area (Å²) < 4.78 is 6.88. The SMILES string of the molecule is c1ccc2cc(-c3ccc4cc(-c5ccc(N(c6ccc(-c7cccc8c(-c9ccc%10ccccc%10c9)cccc78)cc6)c6cc7ccccc7c7c6oc6ccccc67)cc5)ccc4c3)ccc2c1. The van der Waals surface area contributed by atoms with E-state index in [2.05, 4.69) is 266 Å². The maximum Gasteiger partial charge on any atom is 0.160 e. The number of para-hydroxylation sites is 1. The molecule has 326 valence electrons. The normalized spacial score (nSPS) is 11.7. The highest BCUT2D eigenvalue weighted by Crippen LogP contribution is 2.47. The lowest BCUT2D eigenvalue weighted by molar-refractivity contribution is 0.669. The number of furan rings is 1. The molecule has 13 aromatic carbocycles. The van der Waals surface area contributed by atoms with Gasteiger partial charge in [0.05, 0.1) is 5.69 Å². The van der Waals surface area contributed by atoms with Crippen molar-refractivity contribution in [2.45, 2.75) is 0 Å². The molecule has 0 N–H and O–H groups in total. The van der Waals surface area contributed by atoms with Crippen molar-refractivity contribution in [3.05, 3.63) is 261 Å². The summed E-state index contributed by atoms with van der Waals surface area (Å²) in [5, 5.41) is 14.5. The molecule has 0 atom stereocenters. The third-order valence-corrected chi connectivity index (χ3v) is 14.4. The predicted molar refractivity (Wildman–Crippen MR) is 298 cm³/mol. The third kappa shape index (κ3) is 6.72. The van der Waals surface area contributed by atoms with E-state index in [1.807, 2.05) is 0 Å². The minimum atomic E-state index is 0.862. The topological polar surface area (TPSA) is 16.4 Å². The Morgan fingerprint density at radius 1 is 0.257 bits per heavy atom. The Morgan fingerprint density at radius 3 is 1.29 bits per heavy atom. The lowest BCUT2D eigenvalue weighted by Crippen LogP contribution is -2.10. The Balaban J connectivity index is 0.865. The van der Waals surface area contributed by atoms with Crippen LogP contribution in [0.25, 0.3) is 120 Å². The summed E-state index contributed by atoms with van der Waals surface area (Å²) in [6.07, 6.45) is 0. The van der Waals surface area contributed by atoms with Gasteiger partial charge in [-0.05, 0) is 159 Å². The summed E-state index contributed by atoms with van der Waals surface area (Å²) in [5.74, 6) is 0. The average Bonchev–Trinajstić information content (AvgIpc) is 3.83. The van der Waals surface area contributed by atoms with E-state index in [-0.39, 0.29) is 0 Å². The summed E-state index contributed by atoms with van der Waals surface area (Å²) in [7, 11) is 0. The van der Waals surface area contributed by atoms with Crippen molar-refractivity contribution >= 4 is 92.9 Å².